The summed E-state index contributed by atoms with van der Waals surface area (Å²) in [6.07, 6.45) is -1.33. The number of rotatable bonds is 5. The monoisotopic (exact) mass is 341 g/mol. The highest BCUT2D eigenvalue weighted by Crippen LogP contribution is 2.32. The minimum absolute atomic E-state index is 0.0373. The molecule has 0 saturated carbocycles. The van der Waals surface area contributed by atoms with Gasteiger partial charge in [-0.05, 0) is 36.8 Å². The number of carbonyl (C=O) groups is 1. The van der Waals surface area contributed by atoms with E-state index in [1.165, 1.54) is 0 Å². The molecule has 0 aliphatic carbocycles. The van der Waals surface area contributed by atoms with E-state index in [0.29, 0.717) is 33.4 Å². The first-order chi connectivity index (χ1) is 12.0. The average Bonchev–Trinajstić information content (AvgIpc) is 2.59. The van der Waals surface area contributed by atoms with Crippen molar-refractivity contribution in [1.29, 1.82) is 0 Å². The molecular weight excluding hydrogens is 322 g/mol. The quantitative estimate of drug-likeness (QED) is 0.281. The van der Waals surface area contributed by atoms with Gasteiger partial charge in [-0.25, -0.2) is 9.78 Å². The predicted octanol–water partition coefficient (Wildman–Crippen LogP) is 1.95. The molecule has 1 heterocycles. The molecule has 5 N–H and O–H groups in total. The summed E-state index contributed by atoms with van der Waals surface area (Å²) in [5, 5.41) is 11.5. The zero-order valence-electron chi connectivity index (χ0n) is 13.7. The third-order valence-corrected chi connectivity index (χ3v) is 3.90. The first-order valence-electron chi connectivity index (χ1n) is 7.89. The number of pyridine rings is 1. The smallest absolute Gasteiger partial charge is 0.370 e. The molecule has 25 heavy (non-hydrogen) atoms. The number of aromatic nitrogens is 1. The van der Waals surface area contributed by atoms with Gasteiger partial charge >= 0.3 is 5.97 Å². The molecule has 1 atom stereocenters. The van der Waals surface area contributed by atoms with Gasteiger partial charge in [0.15, 0.2) is 6.10 Å². The number of nitrogen functional groups attached to an aromatic ring is 2. The van der Waals surface area contributed by atoms with Crippen molar-refractivity contribution in [2.75, 3.05) is 18.1 Å². The number of carbonyl (C=O) groups excluding carboxylic acids is 1. The van der Waals surface area contributed by atoms with Crippen molar-refractivity contribution in [3.05, 3.63) is 42.0 Å². The Balaban J connectivity index is 2.04. The Morgan fingerprint density at radius 2 is 2.04 bits per heavy atom. The van der Waals surface area contributed by atoms with Crippen LogP contribution in [-0.4, -0.2) is 28.8 Å². The topological polar surface area (TPSA) is 121 Å². The van der Waals surface area contributed by atoms with Crippen molar-refractivity contribution in [2.45, 2.75) is 19.4 Å². The van der Waals surface area contributed by atoms with Gasteiger partial charge in [-0.2, -0.15) is 4.89 Å². The summed E-state index contributed by atoms with van der Waals surface area (Å²) in [7, 11) is 0. The van der Waals surface area contributed by atoms with Crippen LogP contribution in [0.25, 0.3) is 21.8 Å². The summed E-state index contributed by atoms with van der Waals surface area (Å²) in [4.78, 5) is 25.4. The van der Waals surface area contributed by atoms with Gasteiger partial charge < -0.3 is 16.6 Å². The highest BCUT2D eigenvalue weighted by molar-refractivity contribution is 6.08. The number of nitrogens with zero attached hydrogens (tertiary/aromatic N) is 1. The Morgan fingerprint density at radius 3 is 2.80 bits per heavy atom. The molecule has 1 unspecified atom stereocenters. The van der Waals surface area contributed by atoms with Gasteiger partial charge in [0.25, 0.3) is 0 Å². The standard InChI is InChI=1S/C18H19N3O4/c1-2-24-25-18(23)15(22)8-10-4-3-5-13-16(10)17(20)12-7-6-11(19)9-14(12)21-13/h3-7,9,15,22H,2,8,19H2,1H3,(H2,20,21). The number of benzene rings is 2. The maximum atomic E-state index is 11.7. The zero-order chi connectivity index (χ0) is 18.0. The third-order valence-electron chi connectivity index (χ3n) is 3.90. The maximum absolute atomic E-state index is 11.7. The van der Waals surface area contributed by atoms with Gasteiger partial charge in [-0.1, -0.05) is 12.1 Å². The minimum atomic E-state index is -1.36. The van der Waals surface area contributed by atoms with Crippen LogP contribution >= 0.6 is 0 Å². The van der Waals surface area contributed by atoms with E-state index < -0.39 is 12.1 Å². The molecule has 0 aliphatic rings. The lowest BCUT2D eigenvalue weighted by molar-refractivity contribution is -0.275. The van der Waals surface area contributed by atoms with Gasteiger partial charge in [0.1, 0.15) is 0 Å². The van der Waals surface area contributed by atoms with Gasteiger partial charge in [0.05, 0.1) is 23.3 Å². The van der Waals surface area contributed by atoms with E-state index in [0.717, 1.165) is 5.39 Å². The van der Waals surface area contributed by atoms with Crippen molar-refractivity contribution >= 4 is 39.1 Å². The molecule has 0 amide bonds. The lowest BCUT2D eigenvalue weighted by Crippen LogP contribution is -2.25. The Morgan fingerprint density at radius 1 is 1.24 bits per heavy atom. The molecule has 130 valence electrons. The van der Waals surface area contributed by atoms with Crippen LogP contribution in [0.5, 0.6) is 0 Å². The van der Waals surface area contributed by atoms with Crippen LogP contribution < -0.4 is 11.5 Å². The molecular formula is C18H19N3O4. The highest BCUT2D eigenvalue weighted by Gasteiger charge is 2.21. The van der Waals surface area contributed by atoms with E-state index in [-0.39, 0.29) is 13.0 Å². The summed E-state index contributed by atoms with van der Waals surface area (Å²) < 4.78 is 0. The number of fused-ring (bicyclic) bond motifs is 2. The van der Waals surface area contributed by atoms with Crippen molar-refractivity contribution in [2.24, 2.45) is 0 Å². The highest BCUT2D eigenvalue weighted by atomic mass is 17.2. The molecule has 0 bridgehead atoms. The second-order valence-corrected chi connectivity index (χ2v) is 5.64. The van der Waals surface area contributed by atoms with Crippen molar-refractivity contribution in [1.82, 2.24) is 4.98 Å². The van der Waals surface area contributed by atoms with Crippen LogP contribution in [0, 0.1) is 0 Å². The third kappa shape index (κ3) is 3.33. The SMILES string of the molecule is CCOOC(=O)C(O)Cc1cccc2nc3cc(N)ccc3c(N)c12. The maximum Gasteiger partial charge on any atom is 0.370 e. The number of anilines is 2. The summed E-state index contributed by atoms with van der Waals surface area (Å²) in [6, 6.07) is 10.7. The van der Waals surface area contributed by atoms with Crippen LogP contribution in [0.15, 0.2) is 36.4 Å². The molecule has 3 aromatic rings. The fraction of sp³-hybridized carbons (Fsp3) is 0.222. The van der Waals surface area contributed by atoms with Crippen LogP contribution in [0.2, 0.25) is 0 Å². The number of hydrogen-bond donors (Lipinski definition) is 3. The van der Waals surface area contributed by atoms with E-state index in [9.17, 15) is 9.90 Å². The Labute approximate surface area is 144 Å². The van der Waals surface area contributed by atoms with Gasteiger partial charge in [0, 0.05) is 22.9 Å². The van der Waals surface area contributed by atoms with Crippen LogP contribution in [-0.2, 0) is 21.0 Å². The summed E-state index contributed by atoms with van der Waals surface area (Å²) in [6.45, 7) is 1.88. The summed E-state index contributed by atoms with van der Waals surface area (Å²) in [5.74, 6) is -0.848. The minimum Gasteiger partial charge on any atom is -0.399 e. The summed E-state index contributed by atoms with van der Waals surface area (Å²) >= 11 is 0. The van der Waals surface area contributed by atoms with Crippen molar-refractivity contribution in [3.63, 3.8) is 0 Å². The van der Waals surface area contributed by atoms with Gasteiger partial charge in [0.2, 0.25) is 0 Å². The molecule has 7 nitrogen and oxygen atoms in total. The molecule has 7 heteroatoms. The van der Waals surface area contributed by atoms with E-state index in [1.54, 1.807) is 31.2 Å². The van der Waals surface area contributed by atoms with Crippen molar-refractivity contribution < 1.29 is 19.7 Å². The van der Waals surface area contributed by atoms with Crippen molar-refractivity contribution in [3.8, 4) is 0 Å². The first-order valence-corrected chi connectivity index (χ1v) is 7.89. The second-order valence-electron chi connectivity index (χ2n) is 5.64. The van der Waals surface area contributed by atoms with Crippen LogP contribution in [0.3, 0.4) is 0 Å². The Hall–Kier alpha value is -2.90. The van der Waals surface area contributed by atoms with E-state index in [2.05, 4.69) is 14.8 Å². The van der Waals surface area contributed by atoms with Crippen LogP contribution in [0.4, 0.5) is 11.4 Å². The predicted molar refractivity (Wildman–Crippen MR) is 95.5 cm³/mol. The molecule has 0 radical (unpaired) electrons. The number of aliphatic hydroxyl groups excluding tert-OH is 1. The molecule has 3 rings (SSSR count). The van der Waals surface area contributed by atoms with E-state index in [4.69, 9.17) is 11.5 Å². The molecule has 0 aliphatic heterocycles. The zero-order valence-corrected chi connectivity index (χ0v) is 13.7. The number of nitrogens with two attached hydrogens (primary N) is 2. The lowest BCUT2D eigenvalue weighted by Gasteiger charge is -2.14. The number of hydrogen-bond acceptors (Lipinski definition) is 7. The largest absolute Gasteiger partial charge is 0.399 e. The van der Waals surface area contributed by atoms with E-state index in [1.807, 2.05) is 12.1 Å². The Kier molecular flexibility index (Phi) is 4.69. The van der Waals surface area contributed by atoms with E-state index >= 15 is 0 Å². The molecule has 0 saturated heterocycles. The van der Waals surface area contributed by atoms with Gasteiger partial charge in [-0.3, -0.25) is 4.89 Å². The second kappa shape index (κ2) is 6.92. The summed E-state index contributed by atoms with van der Waals surface area (Å²) in [5.41, 5.74) is 15.3. The fourth-order valence-corrected chi connectivity index (χ4v) is 2.76. The molecule has 0 fully saturated rings. The van der Waals surface area contributed by atoms with Crippen LogP contribution in [0.1, 0.15) is 12.5 Å². The Bertz CT molecular complexity index is 942. The average molecular weight is 341 g/mol. The molecule has 1 aromatic heterocycles. The lowest BCUT2D eigenvalue weighted by atomic mass is 9.99. The normalized spacial score (nSPS) is 12.4. The van der Waals surface area contributed by atoms with Gasteiger partial charge in [-0.15, -0.1) is 0 Å². The number of aliphatic hydroxyl groups is 1. The first kappa shape index (κ1) is 16.9. The molecule has 0 spiro atoms. The molecule has 2 aromatic carbocycles. The fourth-order valence-electron chi connectivity index (χ4n) is 2.76.